The summed E-state index contributed by atoms with van der Waals surface area (Å²) in [4.78, 5) is 0. The highest BCUT2D eigenvalue weighted by Crippen LogP contribution is 2.30. The molecule has 120 valence electrons. The second-order valence-electron chi connectivity index (χ2n) is 5.51. The van der Waals surface area contributed by atoms with E-state index in [2.05, 4.69) is 19.1 Å². The number of hydrogen-bond acceptors (Lipinski definition) is 3. The third kappa shape index (κ3) is 4.26. The predicted molar refractivity (Wildman–Crippen MR) is 92.0 cm³/mol. The molecule has 2 aromatic carbocycles. The van der Waals surface area contributed by atoms with Crippen LogP contribution in [0, 0.1) is 18.3 Å². The molecule has 0 bridgehead atoms. The Labute approximate surface area is 138 Å². The van der Waals surface area contributed by atoms with Crippen molar-refractivity contribution in [2.45, 2.75) is 32.6 Å². The van der Waals surface area contributed by atoms with Crippen molar-refractivity contribution in [3.05, 3.63) is 59.2 Å². The van der Waals surface area contributed by atoms with Gasteiger partial charge in [0.15, 0.2) is 0 Å². The van der Waals surface area contributed by atoms with Crippen molar-refractivity contribution >= 4 is 0 Å². The van der Waals surface area contributed by atoms with Crippen LogP contribution in [0.4, 0.5) is 0 Å². The molecule has 0 aliphatic carbocycles. The SMILES string of the molecule is CCc1ccc(OC)c(C(C#N)CCOc2ccccc2C)c1. The van der Waals surface area contributed by atoms with Crippen molar-refractivity contribution in [1.29, 1.82) is 5.26 Å². The fourth-order valence-electron chi connectivity index (χ4n) is 2.57. The predicted octanol–water partition coefficient (Wildman–Crippen LogP) is 4.64. The number of ether oxygens (including phenoxy) is 2. The van der Waals surface area contributed by atoms with Crippen molar-refractivity contribution in [3.63, 3.8) is 0 Å². The number of nitriles is 1. The van der Waals surface area contributed by atoms with E-state index < -0.39 is 0 Å². The molecule has 0 aliphatic rings. The lowest BCUT2D eigenvalue weighted by Crippen LogP contribution is -2.07. The van der Waals surface area contributed by atoms with Gasteiger partial charge >= 0.3 is 0 Å². The molecule has 0 N–H and O–H groups in total. The summed E-state index contributed by atoms with van der Waals surface area (Å²) in [5.41, 5.74) is 3.26. The number of aryl methyl sites for hydroxylation is 2. The zero-order chi connectivity index (χ0) is 16.7. The molecule has 0 aromatic heterocycles. The number of rotatable bonds is 7. The Kier molecular flexibility index (Phi) is 6.05. The average molecular weight is 309 g/mol. The van der Waals surface area contributed by atoms with Gasteiger partial charge in [0, 0.05) is 12.0 Å². The summed E-state index contributed by atoms with van der Waals surface area (Å²) in [7, 11) is 1.64. The summed E-state index contributed by atoms with van der Waals surface area (Å²) in [5, 5.41) is 9.55. The van der Waals surface area contributed by atoms with Crippen LogP contribution >= 0.6 is 0 Å². The quantitative estimate of drug-likeness (QED) is 0.748. The Hall–Kier alpha value is -2.47. The summed E-state index contributed by atoms with van der Waals surface area (Å²) in [5.74, 6) is 1.41. The standard InChI is InChI=1S/C20H23NO2/c1-4-16-9-10-20(22-3)18(13-16)17(14-21)11-12-23-19-8-6-5-7-15(19)2/h5-10,13,17H,4,11-12H2,1-3H3. The Morgan fingerprint density at radius 2 is 1.91 bits per heavy atom. The molecular formula is C20H23NO2. The minimum Gasteiger partial charge on any atom is -0.496 e. The molecule has 23 heavy (non-hydrogen) atoms. The van der Waals surface area contributed by atoms with Gasteiger partial charge in [-0.3, -0.25) is 0 Å². The van der Waals surface area contributed by atoms with Crippen molar-refractivity contribution in [1.82, 2.24) is 0 Å². The zero-order valence-corrected chi connectivity index (χ0v) is 14.0. The first-order valence-electron chi connectivity index (χ1n) is 7.94. The second kappa shape index (κ2) is 8.24. The molecule has 0 fully saturated rings. The normalized spacial score (nSPS) is 11.6. The maximum atomic E-state index is 9.55. The van der Waals surface area contributed by atoms with E-state index in [-0.39, 0.29) is 5.92 Å². The maximum Gasteiger partial charge on any atom is 0.123 e. The summed E-state index contributed by atoms with van der Waals surface area (Å²) < 4.78 is 11.2. The Bertz CT molecular complexity index is 688. The molecule has 2 aromatic rings. The van der Waals surface area contributed by atoms with Gasteiger partial charge in [0.1, 0.15) is 11.5 Å². The van der Waals surface area contributed by atoms with Crippen LogP contribution in [-0.2, 0) is 6.42 Å². The fourth-order valence-corrected chi connectivity index (χ4v) is 2.57. The monoisotopic (exact) mass is 309 g/mol. The van der Waals surface area contributed by atoms with Crippen LogP contribution in [0.2, 0.25) is 0 Å². The number of benzene rings is 2. The Morgan fingerprint density at radius 1 is 1.13 bits per heavy atom. The number of nitrogens with zero attached hydrogens (tertiary/aromatic N) is 1. The summed E-state index contributed by atoms with van der Waals surface area (Å²) in [6.07, 6.45) is 1.57. The number of hydrogen-bond donors (Lipinski definition) is 0. The third-order valence-corrected chi connectivity index (χ3v) is 3.99. The minimum atomic E-state index is -0.236. The van der Waals surface area contributed by atoms with Gasteiger partial charge in [0.25, 0.3) is 0 Å². The van der Waals surface area contributed by atoms with E-state index in [4.69, 9.17) is 9.47 Å². The molecule has 3 heteroatoms. The van der Waals surface area contributed by atoms with E-state index in [1.807, 2.05) is 43.3 Å². The van der Waals surface area contributed by atoms with Crippen molar-refractivity contribution in [2.75, 3.05) is 13.7 Å². The lowest BCUT2D eigenvalue weighted by atomic mass is 9.94. The molecule has 0 radical (unpaired) electrons. The molecule has 0 saturated carbocycles. The first-order valence-corrected chi connectivity index (χ1v) is 7.94. The Balaban J connectivity index is 2.08. The van der Waals surface area contributed by atoms with Crippen molar-refractivity contribution in [3.8, 4) is 17.6 Å². The van der Waals surface area contributed by atoms with Crippen molar-refractivity contribution in [2.24, 2.45) is 0 Å². The van der Waals surface area contributed by atoms with Crippen LogP contribution in [0.15, 0.2) is 42.5 Å². The number of methoxy groups -OCH3 is 1. The highest BCUT2D eigenvalue weighted by atomic mass is 16.5. The fraction of sp³-hybridized carbons (Fsp3) is 0.350. The minimum absolute atomic E-state index is 0.236. The van der Waals surface area contributed by atoms with Gasteiger partial charge in [-0.05, 0) is 36.6 Å². The molecule has 2 rings (SSSR count). The molecule has 0 aliphatic heterocycles. The molecular weight excluding hydrogens is 286 g/mol. The van der Waals surface area contributed by atoms with Crippen LogP contribution in [0.1, 0.15) is 36.0 Å². The largest absolute Gasteiger partial charge is 0.496 e. The molecule has 0 saturated heterocycles. The topological polar surface area (TPSA) is 42.2 Å². The average Bonchev–Trinajstić information content (AvgIpc) is 2.59. The van der Waals surface area contributed by atoms with Gasteiger partial charge in [-0.1, -0.05) is 37.3 Å². The molecule has 1 unspecified atom stereocenters. The molecule has 1 atom stereocenters. The van der Waals surface area contributed by atoms with Gasteiger partial charge in [0.05, 0.1) is 25.7 Å². The van der Waals surface area contributed by atoms with Crippen molar-refractivity contribution < 1.29 is 9.47 Å². The second-order valence-corrected chi connectivity index (χ2v) is 5.51. The van der Waals surface area contributed by atoms with Crippen LogP contribution < -0.4 is 9.47 Å². The first-order chi connectivity index (χ1) is 11.2. The molecule has 0 heterocycles. The lowest BCUT2D eigenvalue weighted by molar-refractivity contribution is 0.302. The summed E-state index contributed by atoms with van der Waals surface area (Å²) in [6, 6.07) is 16.4. The van der Waals surface area contributed by atoms with E-state index >= 15 is 0 Å². The van der Waals surface area contributed by atoms with E-state index in [1.54, 1.807) is 7.11 Å². The van der Waals surface area contributed by atoms with Crippen LogP contribution in [0.25, 0.3) is 0 Å². The molecule has 3 nitrogen and oxygen atoms in total. The van der Waals surface area contributed by atoms with Crippen LogP contribution in [0.3, 0.4) is 0 Å². The van der Waals surface area contributed by atoms with Crippen LogP contribution in [-0.4, -0.2) is 13.7 Å². The Morgan fingerprint density at radius 3 is 2.57 bits per heavy atom. The highest BCUT2D eigenvalue weighted by Gasteiger charge is 2.16. The van der Waals surface area contributed by atoms with Crippen LogP contribution in [0.5, 0.6) is 11.5 Å². The van der Waals surface area contributed by atoms with Gasteiger partial charge in [-0.15, -0.1) is 0 Å². The lowest BCUT2D eigenvalue weighted by Gasteiger charge is -2.16. The van der Waals surface area contributed by atoms with E-state index in [9.17, 15) is 5.26 Å². The van der Waals surface area contributed by atoms with Gasteiger partial charge in [-0.25, -0.2) is 0 Å². The van der Waals surface area contributed by atoms with E-state index in [0.717, 1.165) is 29.0 Å². The zero-order valence-electron chi connectivity index (χ0n) is 14.0. The first kappa shape index (κ1) is 16.9. The van der Waals surface area contributed by atoms with Gasteiger partial charge < -0.3 is 9.47 Å². The van der Waals surface area contributed by atoms with E-state index in [0.29, 0.717) is 13.0 Å². The molecule has 0 amide bonds. The maximum absolute atomic E-state index is 9.55. The van der Waals surface area contributed by atoms with Gasteiger partial charge in [0.2, 0.25) is 0 Å². The summed E-state index contributed by atoms with van der Waals surface area (Å²) >= 11 is 0. The van der Waals surface area contributed by atoms with Gasteiger partial charge in [-0.2, -0.15) is 5.26 Å². The smallest absolute Gasteiger partial charge is 0.123 e. The highest BCUT2D eigenvalue weighted by molar-refractivity contribution is 5.42. The summed E-state index contributed by atoms with van der Waals surface area (Å²) in [6.45, 7) is 4.63. The molecule has 0 spiro atoms. The van der Waals surface area contributed by atoms with E-state index in [1.165, 1.54) is 5.56 Å². The number of para-hydroxylation sites is 1. The third-order valence-electron chi connectivity index (χ3n) is 3.99.